The van der Waals surface area contributed by atoms with Crippen molar-refractivity contribution in [2.75, 3.05) is 10.6 Å². The molecule has 1 aromatic heterocycles. The molecule has 144 valence electrons. The van der Waals surface area contributed by atoms with Crippen LogP contribution in [0.15, 0.2) is 53.3 Å². The van der Waals surface area contributed by atoms with E-state index in [-0.39, 0.29) is 23.1 Å². The number of hydrogen-bond donors (Lipinski definition) is 2. The Kier molecular flexibility index (Phi) is 5.54. The number of nitrogens with one attached hydrogen (secondary N) is 2. The van der Waals surface area contributed by atoms with Crippen molar-refractivity contribution >= 4 is 34.0 Å². The summed E-state index contributed by atoms with van der Waals surface area (Å²) in [6.45, 7) is 3.96. The summed E-state index contributed by atoms with van der Waals surface area (Å²) >= 11 is 0. The molecular formula is C21H22N4O3. The minimum absolute atomic E-state index is 0.0485. The number of nitrogens with zero attached hydrogens (tertiary/aromatic N) is 2. The fraction of sp³-hybridized carbons (Fsp3) is 0.238. The zero-order valence-corrected chi connectivity index (χ0v) is 16.0. The SMILES string of the molecule is CC(C)CC(=O)Nc1ccc(NC(=O)c2nn(C)c(=O)c3ccccc23)cc1. The molecule has 0 radical (unpaired) electrons. The van der Waals surface area contributed by atoms with Crippen LogP contribution in [0.1, 0.15) is 30.8 Å². The highest BCUT2D eigenvalue weighted by molar-refractivity contribution is 6.11. The second-order valence-electron chi connectivity index (χ2n) is 7.00. The second kappa shape index (κ2) is 8.04. The van der Waals surface area contributed by atoms with Crippen molar-refractivity contribution in [1.82, 2.24) is 9.78 Å². The summed E-state index contributed by atoms with van der Waals surface area (Å²) in [7, 11) is 1.51. The fourth-order valence-electron chi connectivity index (χ4n) is 2.88. The van der Waals surface area contributed by atoms with Crippen molar-refractivity contribution in [3.63, 3.8) is 0 Å². The van der Waals surface area contributed by atoms with Crippen molar-refractivity contribution < 1.29 is 9.59 Å². The quantitative estimate of drug-likeness (QED) is 0.713. The van der Waals surface area contributed by atoms with E-state index in [9.17, 15) is 14.4 Å². The van der Waals surface area contributed by atoms with Gasteiger partial charge in [0.1, 0.15) is 0 Å². The summed E-state index contributed by atoms with van der Waals surface area (Å²) in [6, 6.07) is 13.7. The van der Waals surface area contributed by atoms with Crippen molar-refractivity contribution in [1.29, 1.82) is 0 Å². The second-order valence-corrected chi connectivity index (χ2v) is 7.00. The smallest absolute Gasteiger partial charge is 0.276 e. The zero-order chi connectivity index (χ0) is 20.3. The van der Waals surface area contributed by atoms with Gasteiger partial charge in [-0.25, -0.2) is 4.68 Å². The number of aromatic nitrogens is 2. The van der Waals surface area contributed by atoms with Crippen LogP contribution in [0.2, 0.25) is 0 Å². The molecule has 3 rings (SSSR count). The Hall–Kier alpha value is -3.48. The maximum atomic E-state index is 12.7. The minimum Gasteiger partial charge on any atom is -0.326 e. The Labute approximate surface area is 162 Å². The van der Waals surface area contributed by atoms with Gasteiger partial charge in [-0.2, -0.15) is 5.10 Å². The van der Waals surface area contributed by atoms with Crippen molar-refractivity contribution in [2.24, 2.45) is 13.0 Å². The number of hydrogen-bond acceptors (Lipinski definition) is 4. The van der Waals surface area contributed by atoms with Crippen LogP contribution in [0, 0.1) is 5.92 Å². The number of fused-ring (bicyclic) bond motifs is 1. The molecule has 0 unspecified atom stereocenters. The summed E-state index contributed by atoms with van der Waals surface area (Å²) in [5.74, 6) is -0.182. The van der Waals surface area contributed by atoms with Crippen LogP contribution in [-0.2, 0) is 11.8 Å². The maximum Gasteiger partial charge on any atom is 0.276 e. The Balaban J connectivity index is 1.79. The van der Waals surface area contributed by atoms with Gasteiger partial charge in [0.2, 0.25) is 5.91 Å². The molecule has 3 aromatic rings. The van der Waals surface area contributed by atoms with Gasteiger partial charge in [-0.1, -0.05) is 32.0 Å². The highest BCUT2D eigenvalue weighted by Crippen LogP contribution is 2.18. The van der Waals surface area contributed by atoms with Crippen LogP contribution < -0.4 is 16.2 Å². The molecule has 0 aliphatic carbocycles. The molecule has 28 heavy (non-hydrogen) atoms. The first-order valence-corrected chi connectivity index (χ1v) is 9.02. The van der Waals surface area contributed by atoms with Gasteiger partial charge >= 0.3 is 0 Å². The van der Waals surface area contributed by atoms with E-state index in [1.54, 1.807) is 48.5 Å². The molecule has 7 heteroatoms. The highest BCUT2D eigenvalue weighted by atomic mass is 16.2. The van der Waals surface area contributed by atoms with Gasteiger partial charge in [0, 0.05) is 30.2 Å². The van der Waals surface area contributed by atoms with E-state index >= 15 is 0 Å². The minimum atomic E-state index is -0.414. The molecule has 0 bridgehead atoms. The van der Waals surface area contributed by atoms with Crippen LogP contribution in [-0.4, -0.2) is 21.6 Å². The third-order valence-corrected chi connectivity index (χ3v) is 4.19. The number of carbonyl (C=O) groups excluding carboxylic acids is 2. The summed E-state index contributed by atoms with van der Waals surface area (Å²) in [5, 5.41) is 10.7. The van der Waals surface area contributed by atoms with E-state index in [1.807, 2.05) is 13.8 Å². The number of rotatable bonds is 5. The Morgan fingerprint density at radius 1 is 0.964 bits per heavy atom. The van der Waals surface area contributed by atoms with Gasteiger partial charge in [0.25, 0.3) is 11.5 Å². The van der Waals surface area contributed by atoms with Gasteiger partial charge in [-0.05, 0) is 36.2 Å². The molecule has 0 spiro atoms. The first-order valence-electron chi connectivity index (χ1n) is 9.02. The topological polar surface area (TPSA) is 93.1 Å². The predicted molar refractivity (Wildman–Crippen MR) is 109 cm³/mol. The van der Waals surface area contributed by atoms with E-state index in [0.29, 0.717) is 28.6 Å². The Morgan fingerprint density at radius 2 is 1.54 bits per heavy atom. The maximum absolute atomic E-state index is 12.7. The van der Waals surface area contributed by atoms with E-state index in [4.69, 9.17) is 0 Å². The molecule has 2 N–H and O–H groups in total. The number of carbonyl (C=O) groups is 2. The van der Waals surface area contributed by atoms with Crippen LogP contribution >= 0.6 is 0 Å². The van der Waals surface area contributed by atoms with Crippen LogP contribution in [0.4, 0.5) is 11.4 Å². The Morgan fingerprint density at radius 3 is 2.14 bits per heavy atom. The zero-order valence-electron chi connectivity index (χ0n) is 16.0. The standard InChI is InChI=1S/C21H22N4O3/c1-13(2)12-18(26)22-14-8-10-15(11-9-14)23-20(27)19-16-6-4-5-7-17(16)21(28)25(3)24-19/h4-11,13H,12H2,1-3H3,(H,22,26)(H,23,27). The largest absolute Gasteiger partial charge is 0.326 e. The van der Waals surface area contributed by atoms with Gasteiger partial charge in [-0.15, -0.1) is 0 Å². The molecule has 0 fully saturated rings. The molecule has 1 heterocycles. The van der Waals surface area contributed by atoms with Crippen molar-refractivity contribution in [2.45, 2.75) is 20.3 Å². The number of anilines is 2. The number of aryl methyl sites for hydroxylation is 1. The summed E-state index contributed by atoms with van der Waals surface area (Å²) < 4.78 is 1.16. The third-order valence-electron chi connectivity index (χ3n) is 4.19. The molecule has 0 aliphatic heterocycles. The van der Waals surface area contributed by atoms with Crippen LogP contribution in [0.25, 0.3) is 10.8 Å². The van der Waals surface area contributed by atoms with Crippen molar-refractivity contribution in [3.05, 3.63) is 64.6 Å². The molecule has 0 saturated heterocycles. The first kappa shape index (κ1) is 19.3. The molecular weight excluding hydrogens is 356 g/mol. The lowest BCUT2D eigenvalue weighted by Gasteiger charge is -2.10. The molecule has 2 amide bonds. The van der Waals surface area contributed by atoms with Gasteiger partial charge in [-0.3, -0.25) is 14.4 Å². The lowest BCUT2D eigenvalue weighted by atomic mass is 10.1. The number of amides is 2. The van der Waals surface area contributed by atoms with E-state index in [1.165, 1.54) is 7.05 Å². The van der Waals surface area contributed by atoms with Gasteiger partial charge < -0.3 is 10.6 Å². The lowest BCUT2D eigenvalue weighted by molar-refractivity contribution is -0.116. The third kappa shape index (κ3) is 4.25. The highest BCUT2D eigenvalue weighted by Gasteiger charge is 2.15. The fourth-order valence-corrected chi connectivity index (χ4v) is 2.88. The molecule has 7 nitrogen and oxygen atoms in total. The molecule has 0 atom stereocenters. The summed E-state index contributed by atoms with van der Waals surface area (Å²) in [4.78, 5) is 36.7. The molecule has 0 saturated carbocycles. The monoisotopic (exact) mass is 378 g/mol. The van der Waals surface area contributed by atoms with Gasteiger partial charge in [0.15, 0.2) is 5.69 Å². The van der Waals surface area contributed by atoms with E-state index in [0.717, 1.165) is 4.68 Å². The average Bonchev–Trinajstić information content (AvgIpc) is 2.65. The van der Waals surface area contributed by atoms with Crippen molar-refractivity contribution in [3.8, 4) is 0 Å². The predicted octanol–water partition coefficient (Wildman–Crippen LogP) is 3.17. The lowest BCUT2D eigenvalue weighted by Crippen LogP contribution is -2.25. The molecule has 0 aliphatic rings. The van der Waals surface area contributed by atoms with Crippen LogP contribution in [0.3, 0.4) is 0 Å². The number of benzene rings is 2. The summed E-state index contributed by atoms with van der Waals surface area (Å²) in [5.41, 5.74) is 1.14. The van der Waals surface area contributed by atoms with E-state index in [2.05, 4.69) is 15.7 Å². The Bertz CT molecular complexity index is 1080. The van der Waals surface area contributed by atoms with Crippen LogP contribution in [0.5, 0.6) is 0 Å². The van der Waals surface area contributed by atoms with Gasteiger partial charge in [0.05, 0.1) is 5.39 Å². The average molecular weight is 378 g/mol. The van der Waals surface area contributed by atoms with E-state index < -0.39 is 5.91 Å². The normalized spacial score (nSPS) is 10.9. The first-order chi connectivity index (χ1) is 13.3. The summed E-state index contributed by atoms with van der Waals surface area (Å²) in [6.07, 6.45) is 0.448. The molecule has 2 aromatic carbocycles.